The molecule has 2 bridgehead atoms. The zero-order chi connectivity index (χ0) is 21.4. The third-order valence-corrected chi connectivity index (χ3v) is 6.43. The number of fused-ring (bicyclic) bond motifs is 2. The number of nitrogens with two attached hydrogens (primary N) is 1. The first kappa shape index (κ1) is 20.8. The Hall–Kier alpha value is -2.50. The SMILES string of the molecule is CCCCOc1ccc(Nc2ncnc(N3CC4(C)CC3CC(C)(C)C4)c2N)cc1. The second kappa shape index (κ2) is 7.97. The summed E-state index contributed by atoms with van der Waals surface area (Å²) >= 11 is 0. The monoisotopic (exact) mass is 409 g/mol. The highest BCUT2D eigenvalue weighted by atomic mass is 16.5. The molecule has 2 heterocycles. The summed E-state index contributed by atoms with van der Waals surface area (Å²) in [6, 6.07) is 8.43. The number of rotatable bonds is 7. The lowest BCUT2D eigenvalue weighted by molar-refractivity contribution is 0.136. The maximum Gasteiger partial charge on any atom is 0.159 e. The van der Waals surface area contributed by atoms with E-state index in [9.17, 15) is 0 Å². The average molecular weight is 410 g/mol. The van der Waals surface area contributed by atoms with Gasteiger partial charge in [-0.15, -0.1) is 0 Å². The van der Waals surface area contributed by atoms with E-state index in [1.54, 1.807) is 6.33 Å². The number of hydrogen-bond acceptors (Lipinski definition) is 6. The summed E-state index contributed by atoms with van der Waals surface area (Å²) in [5, 5.41) is 3.36. The molecule has 0 amide bonds. The Bertz CT molecular complexity index is 882. The predicted octanol–water partition coefficient (Wildman–Crippen LogP) is 5.39. The first-order chi connectivity index (χ1) is 14.3. The van der Waals surface area contributed by atoms with E-state index >= 15 is 0 Å². The minimum atomic E-state index is 0.324. The molecule has 30 heavy (non-hydrogen) atoms. The van der Waals surface area contributed by atoms with Gasteiger partial charge in [0.25, 0.3) is 0 Å². The molecule has 1 aromatic carbocycles. The standard InChI is InChI=1S/C24H35N5O/c1-5-6-11-30-19-9-7-17(8-10-19)28-21-20(25)22(27-16-26-21)29-15-24(4)13-18(29)12-23(2,3)14-24/h7-10,16,18H,5-6,11-15,25H2,1-4H3,(H,26,27,28). The van der Waals surface area contributed by atoms with Crippen molar-refractivity contribution in [2.24, 2.45) is 10.8 Å². The highest BCUT2D eigenvalue weighted by molar-refractivity contribution is 5.78. The van der Waals surface area contributed by atoms with Crippen LogP contribution in [-0.4, -0.2) is 29.2 Å². The summed E-state index contributed by atoms with van der Waals surface area (Å²) < 4.78 is 5.74. The summed E-state index contributed by atoms with van der Waals surface area (Å²) in [4.78, 5) is 11.4. The minimum absolute atomic E-state index is 0.324. The number of aromatic nitrogens is 2. The molecule has 0 radical (unpaired) electrons. The van der Waals surface area contributed by atoms with Gasteiger partial charge in [0.15, 0.2) is 11.6 Å². The van der Waals surface area contributed by atoms with Gasteiger partial charge in [-0.2, -0.15) is 0 Å². The van der Waals surface area contributed by atoms with E-state index in [0.717, 1.165) is 43.2 Å². The van der Waals surface area contributed by atoms with Crippen molar-refractivity contribution in [2.75, 3.05) is 29.1 Å². The number of hydrogen-bond donors (Lipinski definition) is 2. The van der Waals surface area contributed by atoms with Crippen LogP contribution in [0, 0.1) is 10.8 Å². The Labute approximate surface area is 180 Å². The second-order valence-electron chi connectivity index (χ2n) is 10.2. The Kier molecular flexibility index (Phi) is 5.51. The fraction of sp³-hybridized carbons (Fsp3) is 0.583. The summed E-state index contributed by atoms with van der Waals surface area (Å²) in [6.45, 7) is 11.1. The lowest BCUT2D eigenvalue weighted by atomic mass is 9.65. The van der Waals surface area contributed by atoms with Gasteiger partial charge in [-0.25, -0.2) is 9.97 Å². The third kappa shape index (κ3) is 4.32. The molecule has 2 fully saturated rings. The first-order valence-electron chi connectivity index (χ1n) is 11.2. The van der Waals surface area contributed by atoms with Crippen LogP contribution in [0.3, 0.4) is 0 Å². The average Bonchev–Trinajstić information content (AvgIpc) is 2.93. The van der Waals surface area contributed by atoms with Gasteiger partial charge in [0, 0.05) is 18.3 Å². The van der Waals surface area contributed by atoms with Crippen LogP contribution >= 0.6 is 0 Å². The van der Waals surface area contributed by atoms with E-state index in [1.165, 1.54) is 19.3 Å². The third-order valence-electron chi connectivity index (χ3n) is 6.43. The molecule has 6 nitrogen and oxygen atoms in total. The van der Waals surface area contributed by atoms with E-state index in [1.807, 2.05) is 24.3 Å². The van der Waals surface area contributed by atoms with Crippen LogP contribution in [-0.2, 0) is 0 Å². The van der Waals surface area contributed by atoms with E-state index < -0.39 is 0 Å². The molecule has 2 aliphatic rings. The summed E-state index contributed by atoms with van der Waals surface area (Å²) in [6.07, 6.45) is 7.44. The van der Waals surface area contributed by atoms with E-state index in [-0.39, 0.29) is 0 Å². The van der Waals surface area contributed by atoms with Gasteiger partial charge < -0.3 is 20.7 Å². The fourth-order valence-electron chi connectivity index (χ4n) is 5.53. The molecule has 2 unspecified atom stereocenters. The van der Waals surface area contributed by atoms with Gasteiger partial charge >= 0.3 is 0 Å². The highest BCUT2D eigenvalue weighted by Crippen LogP contribution is 2.54. The van der Waals surface area contributed by atoms with Crippen molar-refractivity contribution in [3.63, 3.8) is 0 Å². The summed E-state index contributed by atoms with van der Waals surface area (Å²) in [7, 11) is 0. The molecule has 4 rings (SSSR count). The van der Waals surface area contributed by atoms with E-state index in [4.69, 9.17) is 10.5 Å². The van der Waals surface area contributed by atoms with E-state index in [0.29, 0.717) is 28.4 Å². The van der Waals surface area contributed by atoms with Crippen molar-refractivity contribution in [2.45, 2.75) is 65.8 Å². The molecule has 6 heteroatoms. The second-order valence-corrected chi connectivity index (χ2v) is 10.2. The van der Waals surface area contributed by atoms with Gasteiger partial charge in [0.1, 0.15) is 17.8 Å². The van der Waals surface area contributed by atoms with Crippen LogP contribution in [0.1, 0.15) is 59.8 Å². The molecular weight excluding hydrogens is 374 g/mol. The van der Waals surface area contributed by atoms with Crippen LogP contribution in [0.2, 0.25) is 0 Å². The Balaban J connectivity index is 1.50. The fourth-order valence-corrected chi connectivity index (χ4v) is 5.53. The first-order valence-corrected chi connectivity index (χ1v) is 11.2. The zero-order valence-electron chi connectivity index (χ0n) is 18.7. The van der Waals surface area contributed by atoms with Crippen LogP contribution in [0.15, 0.2) is 30.6 Å². The number of unbranched alkanes of at least 4 members (excludes halogenated alkanes) is 1. The van der Waals surface area contributed by atoms with Gasteiger partial charge in [-0.3, -0.25) is 0 Å². The zero-order valence-corrected chi connectivity index (χ0v) is 18.7. The lowest BCUT2D eigenvalue weighted by Gasteiger charge is -2.39. The largest absolute Gasteiger partial charge is 0.494 e. The molecule has 0 spiro atoms. The molecule has 2 atom stereocenters. The summed E-state index contributed by atoms with van der Waals surface area (Å²) in [5.74, 6) is 2.40. The Morgan fingerprint density at radius 3 is 2.67 bits per heavy atom. The van der Waals surface area contributed by atoms with Gasteiger partial charge in [-0.1, -0.05) is 34.1 Å². The highest BCUT2D eigenvalue weighted by Gasteiger charge is 2.50. The van der Waals surface area contributed by atoms with Crippen LogP contribution in [0.4, 0.5) is 23.0 Å². The number of anilines is 4. The molecule has 162 valence electrons. The topological polar surface area (TPSA) is 76.3 Å². The number of nitrogen functional groups attached to an aromatic ring is 1. The lowest BCUT2D eigenvalue weighted by Crippen LogP contribution is -2.35. The maximum atomic E-state index is 6.56. The minimum Gasteiger partial charge on any atom is -0.494 e. The van der Waals surface area contributed by atoms with Crippen molar-refractivity contribution in [1.29, 1.82) is 0 Å². The molecule has 2 aromatic rings. The number of ether oxygens (including phenoxy) is 1. The van der Waals surface area contributed by atoms with Gasteiger partial charge in [0.05, 0.1) is 6.61 Å². The Morgan fingerprint density at radius 2 is 1.93 bits per heavy atom. The molecule has 1 saturated carbocycles. The summed E-state index contributed by atoms with van der Waals surface area (Å²) in [5.41, 5.74) is 8.80. The van der Waals surface area contributed by atoms with Crippen molar-refractivity contribution in [3.8, 4) is 5.75 Å². The van der Waals surface area contributed by atoms with E-state index in [2.05, 4.69) is 47.9 Å². The van der Waals surface area contributed by atoms with Crippen molar-refractivity contribution in [1.82, 2.24) is 9.97 Å². The van der Waals surface area contributed by atoms with Crippen LogP contribution in [0.25, 0.3) is 0 Å². The van der Waals surface area contributed by atoms with Crippen molar-refractivity contribution < 1.29 is 4.74 Å². The molecule has 1 aliphatic carbocycles. The van der Waals surface area contributed by atoms with Gasteiger partial charge in [-0.05, 0) is 60.8 Å². The van der Waals surface area contributed by atoms with Crippen LogP contribution < -0.4 is 20.7 Å². The smallest absolute Gasteiger partial charge is 0.159 e. The van der Waals surface area contributed by atoms with Crippen molar-refractivity contribution in [3.05, 3.63) is 30.6 Å². The number of nitrogens with zero attached hydrogens (tertiary/aromatic N) is 3. The molecule has 3 N–H and O–H groups in total. The quantitative estimate of drug-likeness (QED) is 0.597. The Morgan fingerprint density at radius 1 is 1.17 bits per heavy atom. The molecule has 1 saturated heterocycles. The molecule has 1 aliphatic heterocycles. The maximum absolute atomic E-state index is 6.56. The van der Waals surface area contributed by atoms with Crippen LogP contribution in [0.5, 0.6) is 5.75 Å². The molecule has 1 aromatic heterocycles. The predicted molar refractivity (Wildman–Crippen MR) is 123 cm³/mol. The number of benzene rings is 1. The molecular formula is C24H35N5O. The van der Waals surface area contributed by atoms with Gasteiger partial charge in [0.2, 0.25) is 0 Å². The normalized spacial score (nSPS) is 24.7. The number of nitrogens with one attached hydrogen (secondary N) is 1. The van der Waals surface area contributed by atoms with Crippen molar-refractivity contribution >= 4 is 23.0 Å².